The molecule has 3 nitrogen and oxygen atoms in total. The molecule has 19 heavy (non-hydrogen) atoms. The van der Waals surface area contributed by atoms with Crippen LogP contribution in [0.2, 0.25) is 0 Å². The van der Waals surface area contributed by atoms with Crippen LogP contribution in [-0.2, 0) is 4.79 Å². The number of amides is 1. The van der Waals surface area contributed by atoms with Crippen molar-refractivity contribution in [1.29, 1.82) is 0 Å². The van der Waals surface area contributed by atoms with E-state index in [1.54, 1.807) is 0 Å². The summed E-state index contributed by atoms with van der Waals surface area (Å²) >= 11 is 0. The lowest BCUT2D eigenvalue weighted by Gasteiger charge is -2.44. The van der Waals surface area contributed by atoms with Gasteiger partial charge < -0.3 is 11.1 Å². The van der Waals surface area contributed by atoms with Gasteiger partial charge in [-0.3, -0.25) is 4.79 Å². The van der Waals surface area contributed by atoms with Crippen LogP contribution in [0.25, 0.3) is 0 Å². The van der Waals surface area contributed by atoms with Gasteiger partial charge in [-0.25, -0.2) is 0 Å². The summed E-state index contributed by atoms with van der Waals surface area (Å²) in [4.78, 5) is 12.2. The molecule has 2 saturated carbocycles. The molecule has 2 aliphatic carbocycles. The Morgan fingerprint density at radius 3 is 2.16 bits per heavy atom. The molecule has 0 aromatic rings. The van der Waals surface area contributed by atoms with Gasteiger partial charge in [0.15, 0.2) is 0 Å². The summed E-state index contributed by atoms with van der Waals surface area (Å²) in [5, 5.41) is 3.15. The first kappa shape index (κ1) is 16.8. The lowest BCUT2D eigenvalue weighted by Crippen LogP contribution is -2.54. The first-order valence-electron chi connectivity index (χ1n) is 7.53. The maximum absolute atomic E-state index is 12.2. The van der Waals surface area contributed by atoms with Crippen molar-refractivity contribution < 1.29 is 4.79 Å². The molecule has 112 valence electrons. The average Bonchev–Trinajstić information content (AvgIpc) is 2.69. The molecule has 0 spiro atoms. The van der Waals surface area contributed by atoms with Crippen LogP contribution in [0, 0.1) is 11.3 Å². The molecule has 4 heteroatoms. The fraction of sp³-hybridized carbons (Fsp3) is 0.933. The van der Waals surface area contributed by atoms with Gasteiger partial charge in [-0.05, 0) is 43.4 Å². The molecule has 2 aliphatic rings. The molecule has 1 amide bonds. The number of carbonyl (C=O) groups is 1. The normalized spacial score (nSPS) is 23.6. The lowest BCUT2D eigenvalue weighted by molar-refractivity contribution is -0.127. The number of halogens is 1. The van der Waals surface area contributed by atoms with Gasteiger partial charge in [-0.2, -0.15) is 0 Å². The number of hydrogen-bond donors (Lipinski definition) is 2. The summed E-state index contributed by atoms with van der Waals surface area (Å²) in [5.41, 5.74) is 5.99. The molecule has 0 atom stereocenters. The monoisotopic (exact) mass is 288 g/mol. The summed E-state index contributed by atoms with van der Waals surface area (Å²) < 4.78 is 0. The fourth-order valence-electron chi connectivity index (χ4n) is 3.67. The highest BCUT2D eigenvalue weighted by Crippen LogP contribution is 2.45. The second kappa shape index (κ2) is 6.45. The zero-order valence-corrected chi connectivity index (χ0v) is 13.2. The zero-order chi connectivity index (χ0) is 13.2. The standard InChI is InChI=1S/C15H28N2O.ClH/c1-12(2)10-14(6-5-7-14)11-17-13(18)15(16)8-3-4-9-15;/h12H,3-11,16H2,1-2H3,(H,17,18);1H. The minimum Gasteiger partial charge on any atom is -0.354 e. The van der Waals surface area contributed by atoms with Gasteiger partial charge in [0.1, 0.15) is 0 Å². The van der Waals surface area contributed by atoms with Crippen molar-refractivity contribution >= 4 is 18.3 Å². The molecule has 0 saturated heterocycles. The van der Waals surface area contributed by atoms with E-state index in [4.69, 9.17) is 5.73 Å². The van der Waals surface area contributed by atoms with Crippen molar-refractivity contribution in [3.8, 4) is 0 Å². The van der Waals surface area contributed by atoms with E-state index in [1.807, 2.05) is 0 Å². The second-order valence-corrected chi connectivity index (χ2v) is 7.00. The van der Waals surface area contributed by atoms with Crippen molar-refractivity contribution in [3.05, 3.63) is 0 Å². The number of nitrogens with two attached hydrogens (primary N) is 1. The molecule has 0 heterocycles. The first-order chi connectivity index (χ1) is 8.46. The highest BCUT2D eigenvalue weighted by atomic mass is 35.5. The molecule has 0 aromatic carbocycles. The maximum Gasteiger partial charge on any atom is 0.240 e. The number of carbonyl (C=O) groups excluding carboxylic acids is 1. The van der Waals surface area contributed by atoms with Gasteiger partial charge in [0.2, 0.25) is 5.91 Å². The summed E-state index contributed by atoms with van der Waals surface area (Å²) in [6, 6.07) is 0. The van der Waals surface area contributed by atoms with Crippen molar-refractivity contribution in [2.24, 2.45) is 17.1 Å². The summed E-state index contributed by atoms with van der Waals surface area (Å²) in [5.74, 6) is 0.801. The maximum atomic E-state index is 12.2. The van der Waals surface area contributed by atoms with E-state index in [9.17, 15) is 4.79 Å². The van der Waals surface area contributed by atoms with Gasteiger partial charge in [-0.15, -0.1) is 12.4 Å². The van der Waals surface area contributed by atoms with Crippen LogP contribution in [-0.4, -0.2) is 18.0 Å². The van der Waals surface area contributed by atoms with E-state index in [0.717, 1.165) is 32.2 Å². The van der Waals surface area contributed by atoms with Crippen molar-refractivity contribution in [3.63, 3.8) is 0 Å². The molecule has 2 fully saturated rings. The number of nitrogens with one attached hydrogen (secondary N) is 1. The Morgan fingerprint density at radius 2 is 1.74 bits per heavy atom. The van der Waals surface area contributed by atoms with Crippen molar-refractivity contribution in [2.75, 3.05) is 6.54 Å². The molecule has 2 rings (SSSR count). The van der Waals surface area contributed by atoms with Gasteiger partial charge in [-0.1, -0.05) is 33.1 Å². The third kappa shape index (κ3) is 3.85. The smallest absolute Gasteiger partial charge is 0.240 e. The Bertz CT molecular complexity index is 307. The average molecular weight is 289 g/mol. The highest BCUT2D eigenvalue weighted by Gasteiger charge is 2.41. The second-order valence-electron chi connectivity index (χ2n) is 7.00. The Kier molecular flexibility index (Phi) is 5.69. The van der Waals surface area contributed by atoms with Crippen LogP contribution in [0.4, 0.5) is 0 Å². The Balaban J connectivity index is 0.00000180. The quantitative estimate of drug-likeness (QED) is 0.817. The Labute approximate surface area is 123 Å². The Hall–Kier alpha value is -0.280. The summed E-state index contributed by atoms with van der Waals surface area (Å²) in [7, 11) is 0. The van der Waals surface area contributed by atoms with E-state index in [-0.39, 0.29) is 18.3 Å². The third-order valence-electron chi connectivity index (χ3n) is 4.83. The first-order valence-corrected chi connectivity index (χ1v) is 7.53. The van der Waals surface area contributed by atoms with Crippen LogP contribution >= 0.6 is 12.4 Å². The van der Waals surface area contributed by atoms with Gasteiger partial charge in [0.25, 0.3) is 0 Å². The topological polar surface area (TPSA) is 55.1 Å². The summed E-state index contributed by atoms with van der Waals surface area (Å²) in [6.45, 7) is 5.37. The van der Waals surface area contributed by atoms with E-state index >= 15 is 0 Å². The van der Waals surface area contributed by atoms with Gasteiger partial charge in [0, 0.05) is 6.54 Å². The number of rotatable bonds is 5. The van der Waals surface area contributed by atoms with Gasteiger partial charge in [0.05, 0.1) is 5.54 Å². The molecular weight excluding hydrogens is 260 g/mol. The molecule has 0 aromatic heterocycles. The van der Waals surface area contributed by atoms with E-state index in [0.29, 0.717) is 11.3 Å². The van der Waals surface area contributed by atoms with Crippen LogP contribution in [0.5, 0.6) is 0 Å². The van der Waals surface area contributed by atoms with Crippen molar-refractivity contribution in [2.45, 2.75) is 70.8 Å². The van der Waals surface area contributed by atoms with Crippen LogP contribution in [0.1, 0.15) is 65.2 Å². The molecular formula is C15H29ClN2O. The minimum atomic E-state index is -0.567. The Morgan fingerprint density at radius 1 is 1.16 bits per heavy atom. The van der Waals surface area contributed by atoms with Crippen LogP contribution in [0.3, 0.4) is 0 Å². The fourth-order valence-corrected chi connectivity index (χ4v) is 3.67. The lowest BCUT2D eigenvalue weighted by atomic mass is 9.64. The zero-order valence-electron chi connectivity index (χ0n) is 12.3. The van der Waals surface area contributed by atoms with Crippen molar-refractivity contribution in [1.82, 2.24) is 5.32 Å². The predicted octanol–water partition coefficient (Wildman–Crippen LogP) is 3.01. The molecule has 3 N–H and O–H groups in total. The van der Waals surface area contributed by atoms with Gasteiger partial charge >= 0.3 is 0 Å². The van der Waals surface area contributed by atoms with Crippen LogP contribution in [0.15, 0.2) is 0 Å². The molecule has 0 bridgehead atoms. The SMILES string of the molecule is CC(C)CC1(CNC(=O)C2(N)CCCC2)CCC1.Cl. The largest absolute Gasteiger partial charge is 0.354 e. The summed E-state index contributed by atoms with van der Waals surface area (Å²) in [6.07, 6.45) is 8.99. The van der Waals surface area contributed by atoms with E-state index in [2.05, 4.69) is 19.2 Å². The van der Waals surface area contributed by atoms with Crippen LogP contribution < -0.4 is 11.1 Å². The van der Waals surface area contributed by atoms with E-state index in [1.165, 1.54) is 25.7 Å². The molecule has 0 aliphatic heterocycles. The van der Waals surface area contributed by atoms with E-state index < -0.39 is 5.54 Å². The molecule has 0 radical (unpaired) electrons. The minimum absolute atomic E-state index is 0. The highest BCUT2D eigenvalue weighted by molar-refractivity contribution is 5.86. The third-order valence-corrected chi connectivity index (χ3v) is 4.83. The predicted molar refractivity (Wildman–Crippen MR) is 81.4 cm³/mol. The molecule has 0 unspecified atom stereocenters. The number of hydrogen-bond acceptors (Lipinski definition) is 2.